The summed E-state index contributed by atoms with van der Waals surface area (Å²) in [5, 5.41) is 1.52. The summed E-state index contributed by atoms with van der Waals surface area (Å²) >= 11 is 2.38. The first-order chi connectivity index (χ1) is 10.1. The van der Waals surface area contributed by atoms with Crippen molar-refractivity contribution >= 4 is 46.2 Å². The predicted molar refractivity (Wildman–Crippen MR) is 84.9 cm³/mol. The zero-order chi connectivity index (χ0) is 15.4. The molecular weight excluding hydrogens is 308 g/mol. The average molecular weight is 324 g/mol. The van der Waals surface area contributed by atoms with Crippen molar-refractivity contribution in [1.82, 2.24) is 9.80 Å². The van der Waals surface area contributed by atoms with Gasteiger partial charge in [-0.3, -0.25) is 19.3 Å². The molecule has 5 nitrogen and oxygen atoms in total. The molecule has 1 aromatic heterocycles. The Bertz CT molecular complexity index is 577. The van der Waals surface area contributed by atoms with Crippen molar-refractivity contribution in [3.05, 3.63) is 27.3 Å². The summed E-state index contributed by atoms with van der Waals surface area (Å²) in [4.78, 5) is 40.1. The van der Waals surface area contributed by atoms with Gasteiger partial charge < -0.3 is 4.90 Å². The first-order valence-electron chi connectivity index (χ1n) is 6.63. The van der Waals surface area contributed by atoms with Crippen LogP contribution in [0.15, 0.2) is 22.4 Å². The van der Waals surface area contributed by atoms with Crippen LogP contribution >= 0.6 is 23.1 Å². The van der Waals surface area contributed by atoms with Crippen LogP contribution in [0.3, 0.4) is 0 Å². The molecule has 0 aliphatic carbocycles. The molecule has 1 aliphatic rings. The van der Waals surface area contributed by atoms with Gasteiger partial charge in [-0.25, -0.2) is 0 Å². The van der Waals surface area contributed by atoms with Crippen molar-refractivity contribution in [1.29, 1.82) is 0 Å². The summed E-state index contributed by atoms with van der Waals surface area (Å²) in [5.74, 6) is -0.599. The molecule has 0 aromatic carbocycles. The van der Waals surface area contributed by atoms with Crippen LogP contribution in [0, 0.1) is 0 Å². The van der Waals surface area contributed by atoms with E-state index in [1.54, 1.807) is 11.0 Å². The normalized spacial score (nSPS) is 16.9. The summed E-state index contributed by atoms with van der Waals surface area (Å²) in [7, 11) is 0. The van der Waals surface area contributed by atoms with Gasteiger partial charge in [0, 0.05) is 18.0 Å². The Kier molecular flexibility index (Phi) is 5.19. The molecule has 21 heavy (non-hydrogen) atoms. The van der Waals surface area contributed by atoms with E-state index in [1.807, 2.05) is 31.4 Å². The Hall–Kier alpha value is -1.60. The number of thiophene rings is 1. The molecule has 112 valence electrons. The lowest BCUT2D eigenvalue weighted by Crippen LogP contribution is -2.41. The molecule has 0 N–H and O–H groups in total. The van der Waals surface area contributed by atoms with E-state index in [2.05, 4.69) is 0 Å². The summed E-state index contributed by atoms with van der Waals surface area (Å²) in [6.07, 6.45) is 1.69. The second-order valence-electron chi connectivity index (χ2n) is 4.35. The molecule has 2 rings (SSSR count). The number of amides is 3. The van der Waals surface area contributed by atoms with E-state index in [-0.39, 0.29) is 23.6 Å². The molecule has 0 atom stereocenters. The minimum atomic E-state index is -0.390. The van der Waals surface area contributed by atoms with E-state index in [9.17, 15) is 14.4 Å². The lowest BCUT2D eigenvalue weighted by atomic mass is 10.3. The molecule has 7 heteroatoms. The smallest absolute Gasteiger partial charge is 0.294 e. The monoisotopic (exact) mass is 324 g/mol. The number of hydrogen-bond donors (Lipinski definition) is 0. The second-order valence-corrected chi connectivity index (χ2v) is 6.32. The van der Waals surface area contributed by atoms with Crippen LogP contribution in [0.1, 0.15) is 18.7 Å². The lowest BCUT2D eigenvalue weighted by molar-refractivity contribution is -0.135. The zero-order valence-electron chi connectivity index (χ0n) is 11.9. The van der Waals surface area contributed by atoms with Gasteiger partial charge in [-0.05, 0) is 43.1 Å². The molecule has 3 amide bonds. The van der Waals surface area contributed by atoms with Crippen molar-refractivity contribution in [2.75, 3.05) is 19.6 Å². The van der Waals surface area contributed by atoms with Crippen LogP contribution < -0.4 is 0 Å². The highest BCUT2D eigenvalue weighted by Gasteiger charge is 2.36. The molecule has 1 aliphatic heterocycles. The van der Waals surface area contributed by atoms with Crippen molar-refractivity contribution in [3.8, 4) is 0 Å². The summed E-state index contributed by atoms with van der Waals surface area (Å²) in [5.41, 5.74) is 0. The van der Waals surface area contributed by atoms with Gasteiger partial charge in [-0.1, -0.05) is 6.07 Å². The van der Waals surface area contributed by atoms with Gasteiger partial charge >= 0.3 is 0 Å². The first kappa shape index (κ1) is 15.8. The molecule has 0 spiro atoms. The van der Waals surface area contributed by atoms with E-state index < -0.39 is 0 Å². The van der Waals surface area contributed by atoms with E-state index in [4.69, 9.17) is 0 Å². The Morgan fingerprint density at radius 2 is 2.05 bits per heavy atom. The Balaban J connectivity index is 2.10. The van der Waals surface area contributed by atoms with Crippen LogP contribution in [0.2, 0.25) is 0 Å². The topological polar surface area (TPSA) is 57.7 Å². The Labute approximate surface area is 131 Å². The molecular formula is C14H16N2O3S2. The van der Waals surface area contributed by atoms with Gasteiger partial charge in [0.05, 0.1) is 4.91 Å². The second kappa shape index (κ2) is 6.91. The van der Waals surface area contributed by atoms with Crippen molar-refractivity contribution in [2.45, 2.75) is 13.8 Å². The SMILES string of the molecule is CCN(CC)C(=O)CN1C(=O)S/C(=C\c2cccs2)C1=O. The van der Waals surface area contributed by atoms with Crippen LogP contribution in [0.25, 0.3) is 6.08 Å². The fourth-order valence-electron chi connectivity index (χ4n) is 1.95. The summed E-state index contributed by atoms with van der Waals surface area (Å²) in [6.45, 7) is 4.68. The van der Waals surface area contributed by atoms with Gasteiger partial charge in [0.25, 0.3) is 11.1 Å². The fraction of sp³-hybridized carbons (Fsp3) is 0.357. The van der Waals surface area contributed by atoms with Crippen LogP contribution in [-0.2, 0) is 9.59 Å². The van der Waals surface area contributed by atoms with Gasteiger partial charge in [0.1, 0.15) is 6.54 Å². The average Bonchev–Trinajstić information content (AvgIpc) is 3.05. The van der Waals surface area contributed by atoms with E-state index in [0.29, 0.717) is 18.0 Å². The predicted octanol–water partition coefficient (Wildman–Crippen LogP) is 2.65. The maximum Gasteiger partial charge on any atom is 0.294 e. The highest BCUT2D eigenvalue weighted by molar-refractivity contribution is 8.18. The van der Waals surface area contributed by atoms with Gasteiger partial charge in [0.15, 0.2) is 0 Å². The number of thioether (sulfide) groups is 1. The number of carbonyl (C=O) groups excluding carboxylic acids is 3. The number of likely N-dealkylation sites (N-methyl/N-ethyl adjacent to an activating group) is 1. The highest BCUT2D eigenvalue weighted by Crippen LogP contribution is 2.32. The van der Waals surface area contributed by atoms with Crippen LogP contribution in [0.4, 0.5) is 4.79 Å². The van der Waals surface area contributed by atoms with Crippen molar-refractivity contribution < 1.29 is 14.4 Å². The molecule has 0 saturated carbocycles. The standard InChI is InChI=1S/C14H16N2O3S2/c1-3-15(4-2)12(17)9-16-13(18)11(21-14(16)19)8-10-6-5-7-20-10/h5-8H,3-4,9H2,1-2H3/b11-8-. The van der Waals surface area contributed by atoms with Gasteiger partial charge in [-0.2, -0.15) is 0 Å². The van der Waals surface area contributed by atoms with Gasteiger partial charge in [-0.15, -0.1) is 11.3 Å². The molecule has 0 radical (unpaired) electrons. The van der Waals surface area contributed by atoms with E-state index >= 15 is 0 Å². The third-order valence-corrected chi connectivity index (χ3v) is 4.83. The minimum absolute atomic E-state index is 0.186. The zero-order valence-corrected chi connectivity index (χ0v) is 13.5. The minimum Gasteiger partial charge on any atom is -0.342 e. The lowest BCUT2D eigenvalue weighted by Gasteiger charge is -2.21. The molecule has 1 saturated heterocycles. The molecule has 1 aromatic rings. The molecule has 0 bridgehead atoms. The largest absolute Gasteiger partial charge is 0.342 e. The Morgan fingerprint density at radius 1 is 1.33 bits per heavy atom. The number of rotatable bonds is 5. The Morgan fingerprint density at radius 3 is 2.62 bits per heavy atom. The third-order valence-electron chi connectivity index (χ3n) is 3.10. The molecule has 1 fully saturated rings. The number of carbonyl (C=O) groups is 3. The van der Waals surface area contributed by atoms with Crippen molar-refractivity contribution in [2.24, 2.45) is 0 Å². The van der Waals surface area contributed by atoms with E-state index in [0.717, 1.165) is 21.5 Å². The van der Waals surface area contributed by atoms with Crippen LogP contribution in [0.5, 0.6) is 0 Å². The highest BCUT2D eigenvalue weighted by atomic mass is 32.2. The summed E-state index contributed by atoms with van der Waals surface area (Å²) in [6, 6.07) is 3.75. The molecule has 0 unspecified atom stereocenters. The van der Waals surface area contributed by atoms with Crippen LogP contribution in [-0.4, -0.2) is 46.5 Å². The number of imide groups is 1. The third kappa shape index (κ3) is 3.54. The maximum absolute atomic E-state index is 12.2. The maximum atomic E-state index is 12.2. The summed E-state index contributed by atoms with van der Waals surface area (Å²) < 4.78 is 0. The van der Waals surface area contributed by atoms with Gasteiger partial charge in [0.2, 0.25) is 5.91 Å². The fourth-order valence-corrected chi connectivity index (χ4v) is 3.51. The number of hydrogen-bond acceptors (Lipinski definition) is 5. The first-order valence-corrected chi connectivity index (χ1v) is 8.33. The van der Waals surface area contributed by atoms with E-state index in [1.165, 1.54) is 11.3 Å². The molecule has 2 heterocycles. The quantitative estimate of drug-likeness (QED) is 0.781. The van der Waals surface area contributed by atoms with Crippen molar-refractivity contribution in [3.63, 3.8) is 0 Å². The number of nitrogens with zero attached hydrogens (tertiary/aromatic N) is 2.